The summed E-state index contributed by atoms with van der Waals surface area (Å²) in [6.45, 7) is 3.01. The first-order chi connectivity index (χ1) is 16.6. The molecule has 176 valence electrons. The summed E-state index contributed by atoms with van der Waals surface area (Å²) in [5.74, 6) is 1.58. The molecule has 1 amide bonds. The lowest BCUT2D eigenvalue weighted by atomic mass is 9.68. The third-order valence-electron chi connectivity index (χ3n) is 8.68. The Morgan fingerprint density at radius 3 is 2.03 bits per heavy atom. The highest BCUT2D eigenvalue weighted by Gasteiger charge is 2.47. The van der Waals surface area contributed by atoms with Crippen molar-refractivity contribution in [2.75, 3.05) is 13.6 Å². The van der Waals surface area contributed by atoms with E-state index < -0.39 is 0 Å². The van der Waals surface area contributed by atoms with Gasteiger partial charge in [-0.15, -0.1) is 0 Å². The summed E-state index contributed by atoms with van der Waals surface area (Å²) in [7, 11) is 2.33. The second kappa shape index (κ2) is 9.76. The van der Waals surface area contributed by atoms with Crippen LogP contribution in [-0.2, 0) is 5.41 Å². The van der Waals surface area contributed by atoms with Crippen molar-refractivity contribution in [3.63, 3.8) is 0 Å². The largest absolute Gasteiger partial charge is 0.351 e. The molecule has 1 saturated heterocycles. The smallest absolute Gasteiger partial charge is 0.251 e. The summed E-state index contributed by atoms with van der Waals surface area (Å²) in [5, 5.41) is 3.33. The van der Waals surface area contributed by atoms with Gasteiger partial charge in [-0.05, 0) is 67.8 Å². The van der Waals surface area contributed by atoms with E-state index in [4.69, 9.17) is 0 Å². The fourth-order valence-corrected chi connectivity index (χ4v) is 6.66. The minimum Gasteiger partial charge on any atom is -0.351 e. The van der Waals surface area contributed by atoms with E-state index in [9.17, 15) is 4.79 Å². The van der Waals surface area contributed by atoms with Gasteiger partial charge in [0.1, 0.15) is 0 Å². The van der Waals surface area contributed by atoms with E-state index in [2.05, 4.69) is 84.9 Å². The fraction of sp³-hybridized carbons (Fsp3) is 0.387. The lowest BCUT2D eigenvalue weighted by Crippen LogP contribution is -2.52. The summed E-state index contributed by atoms with van der Waals surface area (Å²) in [6.07, 6.45) is 4.89. The highest BCUT2D eigenvalue weighted by molar-refractivity contribution is 5.94. The predicted molar refractivity (Wildman–Crippen MR) is 139 cm³/mol. The van der Waals surface area contributed by atoms with Crippen molar-refractivity contribution in [2.45, 2.75) is 50.1 Å². The summed E-state index contributed by atoms with van der Waals surface area (Å²) < 4.78 is 0. The van der Waals surface area contributed by atoms with Crippen molar-refractivity contribution >= 4 is 5.91 Å². The van der Waals surface area contributed by atoms with Crippen LogP contribution < -0.4 is 5.32 Å². The molecule has 2 bridgehead atoms. The maximum absolute atomic E-state index is 13.1. The third-order valence-corrected chi connectivity index (χ3v) is 8.68. The lowest BCUT2D eigenvalue weighted by Gasteiger charge is -2.47. The van der Waals surface area contributed by atoms with E-state index >= 15 is 0 Å². The summed E-state index contributed by atoms with van der Waals surface area (Å²) in [5.41, 5.74) is 2.95. The number of hydrogen-bond donors (Lipinski definition) is 1. The highest BCUT2D eigenvalue weighted by atomic mass is 16.1. The number of rotatable bonds is 7. The zero-order valence-corrected chi connectivity index (χ0v) is 20.4. The molecular formula is C31H36N2O. The Balaban J connectivity index is 1.53. The zero-order valence-electron chi connectivity index (χ0n) is 20.4. The monoisotopic (exact) mass is 452 g/mol. The van der Waals surface area contributed by atoms with E-state index in [1.165, 1.54) is 30.4 Å². The molecular weight excluding hydrogens is 416 g/mol. The van der Waals surface area contributed by atoms with Crippen LogP contribution in [0.4, 0.5) is 0 Å². The van der Waals surface area contributed by atoms with Gasteiger partial charge in [0.2, 0.25) is 0 Å². The molecule has 3 nitrogen and oxygen atoms in total. The van der Waals surface area contributed by atoms with E-state index in [-0.39, 0.29) is 11.3 Å². The van der Waals surface area contributed by atoms with Gasteiger partial charge in [-0.1, -0.05) is 85.8 Å². The van der Waals surface area contributed by atoms with Gasteiger partial charge in [0.25, 0.3) is 5.91 Å². The summed E-state index contributed by atoms with van der Waals surface area (Å²) in [6, 6.07) is 32.3. The van der Waals surface area contributed by atoms with Gasteiger partial charge in [-0.3, -0.25) is 4.79 Å². The summed E-state index contributed by atoms with van der Waals surface area (Å²) >= 11 is 0. The molecule has 5 rings (SSSR count). The van der Waals surface area contributed by atoms with E-state index in [1.54, 1.807) is 0 Å². The number of carbonyl (C=O) groups is 1. The minimum atomic E-state index is -0.300. The number of amides is 1. The molecule has 3 heteroatoms. The predicted octanol–water partition coefficient (Wildman–Crippen LogP) is 5.91. The molecule has 0 spiro atoms. The van der Waals surface area contributed by atoms with E-state index in [1.807, 2.05) is 30.3 Å². The molecule has 2 aliphatic rings. The Morgan fingerprint density at radius 2 is 1.44 bits per heavy atom. The van der Waals surface area contributed by atoms with Crippen LogP contribution in [0.5, 0.6) is 0 Å². The van der Waals surface area contributed by atoms with Crippen LogP contribution >= 0.6 is 0 Å². The van der Waals surface area contributed by atoms with Crippen molar-refractivity contribution in [1.29, 1.82) is 0 Å². The van der Waals surface area contributed by atoms with E-state index in [0.717, 1.165) is 18.3 Å². The van der Waals surface area contributed by atoms with Gasteiger partial charge >= 0.3 is 0 Å². The van der Waals surface area contributed by atoms with Crippen molar-refractivity contribution in [3.05, 3.63) is 108 Å². The molecule has 3 aromatic carbocycles. The number of fused-ring (bicyclic) bond motifs is 2. The van der Waals surface area contributed by atoms with Crippen LogP contribution in [0.2, 0.25) is 0 Å². The number of benzene rings is 3. The first kappa shape index (κ1) is 22.9. The SMILES string of the molecule is CC1C2CCC1N(C)C(CC(CNC(=O)c1ccccc1)(c1ccccc1)c1ccccc1)C2. The number of hydrogen-bond acceptors (Lipinski definition) is 2. The van der Waals surface area contributed by atoms with Crippen molar-refractivity contribution < 1.29 is 4.79 Å². The van der Waals surface area contributed by atoms with Crippen molar-refractivity contribution in [1.82, 2.24) is 10.2 Å². The number of nitrogens with one attached hydrogen (secondary N) is 1. The highest BCUT2D eigenvalue weighted by Crippen LogP contribution is 2.47. The molecule has 2 fully saturated rings. The number of likely N-dealkylation sites (tertiary alicyclic amines) is 1. The Morgan fingerprint density at radius 1 is 0.882 bits per heavy atom. The fourth-order valence-electron chi connectivity index (χ4n) is 6.66. The Labute approximate surface area is 204 Å². The van der Waals surface area contributed by atoms with Gasteiger partial charge in [-0.25, -0.2) is 0 Å². The maximum atomic E-state index is 13.1. The van der Waals surface area contributed by atoms with Crippen LogP contribution in [0.25, 0.3) is 0 Å². The molecule has 1 N–H and O–H groups in total. The quantitative estimate of drug-likeness (QED) is 0.483. The van der Waals surface area contributed by atoms with E-state index in [0.29, 0.717) is 24.2 Å². The topological polar surface area (TPSA) is 32.3 Å². The van der Waals surface area contributed by atoms with Crippen LogP contribution in [0.3, 0.4) is 0 Å². The van der Waals surface area contributed by atoms with Crippen LogP contribution in [0, 0.1) is 11.8 Å². The van der Waals surface area contributed by atoms with Gasteiger partial charge in [-0.2, -0.15) is 0 Å². The zero-order chi connectivity index (χ0) is 23.5. The summed E-state index contributed by atoms with van der Waals surface area (Å²) in [4.78, 5) is 15.8. The number of nitrogens with zero attached hydrogens (tertiary/aromatic N) is 1. The Hall–Kier alpha value is -2.91. The molecule has 1 aliphatic heterocycles. The second-order valence-corrected chi connectivity index (χ2v) is 10.4. The van der Waals surface area contributed by atoms with Crippen molar-refractivity contribution in [2.24, 2.45) is 11.8 Å². The average Bonchev–Trinajstić information content (AvgIpc) is 3.17. The normalized spacial score (nSPS) is 24.6. The standard InChI is InChI=1S/C31H36N2O/c1-23-25-18-19-29(23)33(2)28(20-25)21-31(26-14-8-4-9-15-26,27-16-10-5-11-17-27)22-32-30(34)24-12-6-3-7-13-24/h3-17,23,25,28-29H,18-22H2,1-2H3,(H,32,34). The minimum absolute atomic E-state index is 0.0115. The molecule has 34 heavy (non-hydrogen) atoms. The molecule has 0 radical (unpaired) electrons. The molecule has 1 heterocycles. The third kappa shape index (κ3) is 4.30. The van der Waals surface area contributed by atoms with Gasteiger partial charge in [0, 0.05) is 29.6 Å². The Bertz CT molecular complexity index is 1040. The molecule has 1 saturated carbocycles. The molecule has 4 atom stereocenters. The molecule has 1 aliphatic carbocycles. The van der Waals surface area contributed by atoms with Crippen molar-refractivity contribution in [3.8, 4) is 0 Å². The maximum Gasteiger partial charge on any atom is 0.251 e. The number of carbonyl (C=O) groups excluding carboxylic acids is 1. The van der Waals surface area contributed by atoms with Gasteiger partial charge in [0.15, 0.2) is 0 Å². The van der Waals surface area contributed by atoms with Crippen LogP contribution in [0.1, 0.15) is 54.1 Å². The number of piperidine rings is 1. The first-order valence-corrected chi connectivity index (χ1v) is 12.7. The Kier molecular flexibility index (Phi) is 6.56. The molecule has 0 aromatic heterocycles. The molecule has 3 aromatic rings. The second-order valence-electron chi connectivity index (χ2n) is 10.4. The molecule has 4 unspecified atom stereocenters. The van der Waals surface area contributed by atoms with Gasteiger partial charge in [0.05, 0.1) is 0 Å². The average molecular weight is 453 g/mol. The van der Waals surface area contributed by atoms with Crippen LogP contribution in [0.15, 0.2) is 91.0 Å². The van der Waals surface area contributed by atoms with Gasteiger partial charge < -0.3 is 10.2 Å². The lowest BCUT2D eigenvalue weighted by molar-refractivity contribution is 0.0568. The first-order valence-electron chi connectivity index (χ1n) is 12.7. The van der Waals surface area contributed by atoms with Crippen LogP contribution in [-0.4, -0.2) is 36.5 Å².